The van der Waals surface area contributed by atoms with Crippen LogP contribution < -0.4 is 24.5 Å². The second kappa shape index (κ2) is 5.96. The molecule has 106 valence electrons. The highest BCUT2D eigenvalue weighted by Crippen LogP contribution is 2.41. The normalized spacial score (nSPS) is 9.95. The summed E-state index contributed by atoms with van der Waals surface area (Å²) >= 11 is 0. The number of nitrogens with one attached hydrogen (secondary N) is 1. The summed E-state index contributed by atoms with van der Waals surface area (Å²) in [5.74, 6) is 2.13. The van der Waals surface area contributed by atoms with E-state index in [1.54, 1.807) is 12.1 Å². The highest BCUT2D eigenvalue weighted by Gasteiger charge is 2.14. The fourth-order valence-corrected chi connectivity index (χ4v) is 1.67. The van der Waals surface area contributed by atoms with Gasteiger partial charge < -0.3 is 18.9 Å². The smallest absolute Gasteiger partial charge is 0.267 e. The highest BCUT2D eigenvalue weighted by molar-refractivity contribution is 5.56. The Balaban J connectivity index is 2.39. The Morgan fingerprint density at radius 3 is 2.10 bits per heavy atom. The number of methoxy groups -OCH3 is 3. The zero-order valence-corrected chi connectivity index (χ0v) is 11.3. The third kappa shape index (κ3) is 2.82. The van der Waals surface area contributed by atoms with Crippen molar-refractivity contribution >= 4 is 0 Å². The topological polar surface area (TPSA) is 82.7 Å². The maximum absolute atomic E-state index is 11.2. The van der Waals surface area contributed by atoms with Gasteiger partial charge in [-0.25, -0.2) is 5.10 Å². The summed E-state index contributed by atoms with van der Waals surface area (Å²) in [6, 6.07) is 4.54. The predicted octanol–water partition coefficient (Wildman–Crippen LogP) is 1.59. The average Bonchev–Trinajstić information content (AvgIpc) is 2.46. The maximum atomic E-state index is 11.2. The Labute approximate surface area is 115 Å². The van der Waals surface area contributed by atoms with E-state index in [1.807, 2.05) is 0 Å². The van der Waals surface area contributed by atoms with Gasteiger partial charge >= 0.3 is 0 Å². The van der Waals surface area contributed by atoms with Crippen LogP contribution in [0.1, 0.15) is 0 Å². The molecule has 2 rings (SSSR count). The molecule has 7 nitrogen and oxygen atoms in total. The van der Waals surface area contributed by atoms with E-state index in [4.69, 9.17) is 18.9 Å². The van der Waals surface area contributed by atoms with Crippen LogP contribution in [0.15, 0.2) is 29.2 Å². The number of nitrogens with zero attached hydrogens (tertiary/aromatic N) is 1. The first-order valence-corrected chi connectivity index (χ1v) is 5.70. The van der Waals surface area contributed by atoms with Crippen LogP contribution in [0.4, 0.5) is 0 Å². The Hall–Kier alpha value is -2.70. The molecule has 1 aromatic heterocycles. The third-order valence-electron chi connectivity index (χ3n) is 2.51. The van der Waals surface area contributed by atoms with Crippen LogP contribution in [0, 0.1) is 0 Å². The standard InChI is InChI=1S/C13H14N2O5/c1-17-10-4-8(5-11(18-2)13(10)19-3)20-9-6-12(16)15-14-7-9/h4-7H,1-3H3,(H,15,16). The van der Waals surface area contributed by atoms with Gasteiger partial charge in [0.25, 0.3) is 5.56 Å². The molecule has 0 amide bonds. The summed E-state index contributed by atoms with van der Waals surface area (Å²) in [4.78, 5) is 11.2. The van der Waals surface area contributed by atoms with E-state index in [2.05, 4.69) is 10.2 Å². The van der Waals surface area contributed by atoms with Crippen molar-refractivity contribution in [2.24, 2.45) is 0 Å². The van der Waals surface area contributed by atoms with Crippen molar-refractivity contribution in [2.45, 2.75) is 0 Å². The van der Waals surface area contributed by atoms with Crippen molar-refractivity contribution in [3.05, 3.63) is 34.7 Å². The van der Waals surface area contributed by atoms with Crippen LogP contribution in [-0.2, 0) is 0 Å². The van der Waals surface area contributed by atoms with Crippen molar-refractivity contribution in [2.75, 3.05) is 21.3 Å². The molecule has 20 heavy (non-hydrogen) atoms. The maximum Gasteiger partial charge on any atom is 0.267 e. The molecule has 7 heteroatoms. The molecule has 1 aromatic carbocycles. The fourth-order valence-electron chi connectivity index (χ4n) is 1.67. The summed E-state index contributed by atoms with van der Waals surface area (Å²) < 4.78 is 21.2. The zero-order chi connectivity index (χ0) is 14.5. The predicted molar refractivity (Wildman–Crippen MR) is 71.0 cm³/mol. The van der Waals surface area contributed by atoms with Gasteiger partial charge in [-0.15, -0.1) is 0 Å². The van der Waals surface area contributed by atoms with Crippen LogP contribution in [0.3, 0.4) is 0 Å². The Morgan fingerprint density at radius 2 is 1.60 bits per heavy atom. The number of aromatic nitrogens is 2. The average molecular weight is 278 g/mol. The number of benzene rings is 1. The summed E-state index contributed by atoms with van der Waals surface area (Å²) in [7, 11) is 4.53. The van der Waals surface area contributed by atoms with Crippen molar-refractivity contribution in [1.82, 2.24) is 10.2 Å². The summed E-state index contributed by atoms with van der Waals surface area (Å²) in [5.41, 5.74) is -0.352. The first-order chi connectivity index (χ1) is 9.67. The number of H-pyrrole nitrogens is 1. The molecule has 0 spiro atoms. The molecule has 0 radical (unpaired) electrons. The lowest BCUT2D eigenvalue weighted by atomic mass is 10.2. The highest BCUT2D eigenvalue weighted by atomic mass is 16.5. The van der Waals surface area contributed by atoms with Gasteiger partial charge in [0.1, 0.15) is 5.75 Å². The lowest BCUT2D eigenvalue weighted by Crippen LogP contribution is -2.05. The minimum absolute atomic E-state index is 0.308. The number of hydrogen-bond donors (Lipinski definition) is 1. The van der Waals surface area contributed by atoms with Crippen LogP contribution in [0.2, 0.25) is 0 Å². The monoisotopic (exact) mass is 278 g/mol. The molecule has 0 atom stereocenters. The number of ether oxygens (including phenoxy) is 4. The quantitative estimate of drug-likeness (QED) is 0.894. The van der Waals surface area contributed by atoms with Gasteiger partial charge in [-0.2, -0.15) is 5.10 Å². The van der Waals surface area contributed by atoms with E-state index in [1.165, 1.54) is 33.6 Å². The van der Waals surface area contributed by atoms with Crippen molar-refractivity contribution in [3.63, 3.8) is 0 Å². The van der Waals surface area contributed by atoms with Gasteiger partial charge in [0.2, 0.25) is 5.75 Å². The minimum Gasteiger partial charge on any atom is -0.493 e. The lowest BCUT2D eigenvalue weighted by Gasteiger charge is -2.14. The van der Waals surface area contributed by atoms with Gasteiger partial charge in [-0.3, -0.25) is 4.79 Å². The van der Waals surface area contributed by atoms with Gasteiger partial charge in [-0.05, 0) is 0 Å². The van der Waals surface area contributed by atoms with Crippen LogP contribution in [0.5, 0.6) is 28.7 Å². The van der Waals surface area contributed by atoms with E-state index in [0.717, 1.165) is 0 Å². The first-order valence-electron chi connectivity index (χ1n) is 5.70. The summed E-state index contributed by atoms with van der Waals surface area (Å²) in [5, 5.41) is 5.92. The van der Waals surface area contributed by atoms with Crippen molar-refractivity contribution < 1.29 is 18.9 Å². The van der Waals surface area contributed by atoms with Gasteiger partial charge in [-0.1, -0.05) is 0 Å². The third-order valence-corrected chi connectivity index (χ3v) is 2.51. The Kier molecular flexibility index (Phi) is 4.09. The zero-order valence-electron chi connectivity index (χ0n) is 11.3. The molecule has 0 bridgehead atoms. The van der Waals surface area contributed by atoms with Crippen molar-refractivity contribution in [1.29, 1.82) is 0 Å². The van der Waals surface area contributed by atoms with Gasteiger partial charge in [0.15, 0.2) is 17.2 Å². The number of rotatable bonds is 5. The van der Waals surface area contributed by atoms with Gasteiger partial charge in [0.05, 0.1) is 27.5 Å². The Bertz CT molecular complexity index is 628. The molecule has 0 saturated carbocycles. The molecule has 0 aliphatic carbocycles. The van der Waals surface area contributed by atoms with E-state index >= 15 is 0 Å². The first kappa shape index (κ1) is 13.7. The van der Waals surface area contributed by atoms with Crippen LogP contribution >= 0.6 is 0 Å². The number of aromatic amines is 1. The summed E-state index contributed by atoms with van der Waals surface area (Å²) in [6.45, 7) is 0. The molecule has 0 aliphatic heterocycles. The van der Waals surface area contributed by atoms with Crippen molar-refractivity contribution in [3.8, 4) is 28.7 Å². The molecular formula is C13H14N2O5. The molecule has 0 saturated heterocycles. The fraction of sp³-hybridized carbons (Fsp3) is 0.231. The van der Waals surface area contributed by atoms with E-state index in [-0.39, 0.29) is 5.56 Å². The van der Waals surface area contributed by atoms with E-state index < -0.39 is 0 Å². The second-order valence-electron chi connectivity index (χ2n) is 3.74. The van der Waals surface area contributed by atoms with E-state index in [9.17, 15) is 4.79 Å². The SMILES string of the molecule is COc1cc(Oc2cn[nH]c(=O)c2)cc(OC)c1OC. The summed E-state index contributed by atoms with van der Waals surface area (Å²) in [6.07, 6.45) is 1.39. The molecule has 0 fully saturated rings. The van der Waals surface area contributed by atoms with Gasteiger partial charge in [0, 0.05) is 18.2 Å². The largest absolute Gasteiger partial charge is 0.493 e. The molecule has 1 N–H and O–H groups in total. The van der Waals surface area contributed by atoms with Crippen LogP contribution in [-0.4, -0.2) is 31.5 Å². The molecule has 0 unspecified atom stereocenters. The number of hydrogen-bond acceptors (Lipinski definition) is 6. The minimum atomic E-state index is -0.352. The molecular weight excluding hydrogens is 264 g/mol. The molecule has 2 aromatic rings. The Morgan fingerprint density at radius 1 is 0.950 bits per heavy atom. The van der Waals surface area contributed by atoms with E-state index in [0.29, 0.717) is 28.7 Å². The molecule has 0 aliphatic rings. The molecule has 1 heterocycles. The second-order valence-corrected chi connectivity index (χ2v) is 3.74. The van der Waals surface area contributed by atoms with Crippen LogP contribution in [0.25, 0.3) is 0 Å². The lowest BCUT2D eigenvalue weighted by molar-refractivity contribution is 0.321.